The minimum absolute atomic E-state index is 0.0484. The third-order valence-electron chi connectivity index (χ3n) is 5.35. The first-order chi connectivity index (χ1) is 15.5. The number of anilines is 1. The van der Waals surface area contributed by atoms with Crippen molar-refractivity contribution in [1.29, 1.82) is 5.26 Å². The molecule has 0 heterocycles. The lowest BCUT2D eigenvalue weighted by Gasteiger charge is -2.17. The maximum atomic E-state index is 13.2. The van der Waals surface area contributed by atoms with Gasteiger partial charge in [-0.3, -0.25) is 4.79 Å². The van der Waals surface area contributed by atoms with Crippen molar-refractivity contribution in [2.45, 2.75) is 19.4 Å². The number of carbonyl (C=O) groups is 1. The second-order valence-electron chi connectivity index (χ2n) is 7.28. The van der Waals surface area contributed by atoms with Crippen LogP contribution in [0.3, 0.4) is 0 Å². The van der Waals surface area contributed by atoms with Gasteiger partial charge < -0.3 is 19.5 Å². The number of nitrogens with zero attached hydrogens (tertiary/aromatic N) is 1. The lowest BCUT2D eigenvalue weighted by atomic mass is 9.91. The second kappa shape index (κ2) is 10.4. The van der Waals surface area contributed by atoms with Crippen LogP contribution >= 0.6 is 0 Å². The lowest BCUT2D eigenvalue weighted by molar-refractivity contribution is 0.0963. The van der Waals surface area contributed by atoms with Crippen LogP contribution in [-0.4, -0.2) is 27.1 Å². The molecular weight excluding hydrogens is 404 g/mol. The molecule has 0 unspecified atom stereocenters. The molecule has 0 spiro atoms. The summed E-state index contributed by atoms with van der Waals surface area (Å²) in [7, 11) is 4.70. The summed E-state index contributed by atoms with van der Waals surface area (Å²) in [5.41, 5.74) is 3.85. The van der Waals surface area contributed by atoms with Gasteiger partial charge in [-0.05, 0) is 47.5 Å². The van der Waals surface area contributed by atoms with Crippen LogP contribution in [0.2, 0.25) is 0 Å². The van der Waals surface area contributed by atoms with Crippen LogP contribution in [0.25, 0.3) is 0 Å². The highest BCUT2D eigenvalue weighted by atomic mass is 16.5. The number of methoxy groups -OCH3 is 3. The monoisotopic (exact) mass is 430 g/mol. The summed E-state index contributed by atoms with van der Waals surface area (Å²) in [5.74, 6) is 1.27. The van der Waals surface area contributed by atoms with Crippen LogP contribution in [0.15, 0.2) is 60.7 Å². The fourth-order valence-corrected chi connectivity index (χ4v) is 3.41. The van der Waals surface area contributed by atoms with Crippen molar-refractivity contribution >= 4 is 11.5 Å². The van der Waals surface area contributed by atoms with Crippen LogP contribution in [0.4, 0.5) is 5.69 Å². The minimum Gasteiger partial charge on any atom is -0.496 e. The molecule has 3 aromatic rings. The largest absolute Gasteiger partial charge is 0.496 e. The molecule has 32 heavy (non-hydrogen) atoms. The van der Waals surface area contributed by atoms with E-state index in [1.54, 1.807) is 45.6 Å². The van der Waals surface area contributed by atoms with Gasteiger partial charge in [0.2, 0.25) is 0 Å². The Morgan fingerprint density at radius 3 is 2.22 bits per heavy atom. The standard InChI is InChI=1S/C26H26N2O4/c1-17(20-9-12-23(30-2)25(13-20)32-4)26(29)22-11-10-21(14-24(22)31-3)28-16-19-7-5-18(15-27)6-8-19/h5-14,17,28H,16H2,1-4H3/t17-/m1/s1. The van der Waals surface area contributed by atoms with Crippen molar-refractivity contribution < 1.29 is 19.0 Å². The predicted molar refractivity (Wildman–Crippen MR) is 124 cm³/mol. The smallest absolute Gasteiger partial charge is 0.173 e. The highest BCUT2D eigenvalue weighted by Crippen LogP contribution is 2.34. The van der Waals surface area contributed by atoms with E-state index in [9.17, 15) is 4.79 Å². The van der Waals surface area contributed by atoms with Gasteiger partial charge in [0.1, 0.15) is 5.75 Å². The molecule has 0 aliphatic heterocycles. The SMILES string of the molecule is COc1ccc([C@@H](C)C(=O)c2ccc(NCc3ccc(C#N)cc3)cc2OC)cc1OC. The van der Waals surface area contributed by atoms with Crippen LogP contribution in [0.5, 0.6) is 17.2 Å². The van der Waals surface area contributed by atoms with Gasteiger partial charge in [0, 0.05) is 24.2 Å². The van der Waals surface area contributed by atoms with Crippen molar-refractivity contribution in [3.63, 3.8) is 0 Å². The van der Waals surface area contributed by atoms with E-state index in [1.165, 1.54) is 0 Å². The van der Waals surface area contributed by atoms with Crippen molar-refractivity contribution in [3.05, 3.63) is 82.9 Å². The summed E-state index contributed by atoms with van der Waals surface area (Å²) in [5, 5.41) is 12.2. The van der Waals surface area contributed by atoms with E-state index < -0.39 is 0 Å². The van der Waals surface area contributed by atoms with Gasteiger partial charge in [0.05, 0.1) is 38.5 Å². The molecule has 0 aliphatic carbocycles. The number of nitriles is 1. The highest BCUT2D eigenvalue weighted by molar-refractivity contribution is 6.03. The number of carbonyl (C=O) groups excluding carboxylic acids is 1. The number of rotatable bonds is 9. The molecule has 0 saturated heterocycles. The molecule has 6 nitrogen and oxygen atoms in total. The first-order valence-electron chi connectivity index (χ1n) is 10.2. The van der Waals surface area contributed by atoms with Crippen molar-refractivity contribution in [1.82, 2.24) is 0 Å². The molecule has 1 N–H and O–H groups in total. The van der Waals surface area contributed by atoms with Crippen molar-refractivity contribution in [2.24, 2.45) is 0 Å². The van der Waals surface area contributed by atoms with Gasteiger partial charge in [0.15, 0.2) is 17.3 Å². The quantitative estimate of drug-likeness (QED) is 0.471. The zero-order valence-electron chi connectivity index (χ0n) is 18.6. The average Bonchev–Trinajstić information content (AvgIpc) is 2.86. The Bertz CT molecular complexity index is 1130. The Hall–Kier alpha value is -3.98. The summed E-state index contributed by atoms with van der Waals surface area (Å²) in [4.78, 5) is 13.2. The molecule has 3 aromatic carbocycles. The first kappa shape index (κ1) is 22.7. The third-order valence-corrected chi connectivity index (χ3v) is 5.35. The van der Waals surface area contributed by atoms with Crippen LogP contribution in [-0.2, 0) is 6.54 Å². The molecule has 0 fully saturated rings. The molecule has 0 bridgehead atoms. The molecular formula is C26H26N2O4. The fraction of sp³-hybridized carbons (Fsp3) is 0.231. The molecule has 3 rings (SSSR count). The number of benzene rings is 3. The first-order valence-corrected chi connectivity index (χ1v) is 10.2. The number of Topliss-reactive ketones (excluding diaryl/α,β-unsaturated/α-hetero) is 1. The van der Waals surface area contributed by atoms with Gasteiger partial charge in [-0.2, -0.15) is 5.26 Å². The molecule has 6 heteroatoms. The molecule has 0 saturated carbocycles. The van der Waals surface area contributed by atoms with Crippen molar-refractivity contribution in [2.75, 3.05) is 26.6 Å². The summed E-state index contributed by atoms with van der Waals surface area (Å²) < 4.78 is 16.2. The van der Waals surface area contributed by atoms with Crippen LogP contribution in [0, 0.1) is 11.3 Å². The van der Waals surface area contributed by atoms with E-state index in [1.807, 2.05) is 43.3 Å². The van der Waals surface area contributed by atoms with Gasteiger partial charge in [-0.25, -0.2) is 0 Å². The Morgan fingerprint density at radius 1 is 0.906 bits per heavy atom. The predicted octanol–water partition coefficient (Wildman–Crippen LogP) is 5.18. The lowest BCUT2D eigenvalue weighted by Crippen LogP contribution is -2.12. The molecule has 0 aliphatic rings. The van der Waals surface area contributed by atoms with Gasteiger partial charge in [0.25, 0.3) is 0 Å². The van der Waals surface area contributed by atoms with Crippen LogP contribution < -0.4 is 19.5 Å². The molecule has 0 amide bonds. The maximum Gasteiger partial charge on any atom is 0.173 e. The maximum absolute atomic E-state index is 13.2. The van der Waals surface area contributed by atoms with Crippen LogP contribution in [0.1, 0.15) is 39.9 Å². The van der Waals surface area contributed by atoms with Crippen molar-refractivity contribution in [3.8, 4) is 23.3 Å². The molecule has 0 aromatic heterocycles. The number of nitrogens with one attached hydrogen (secondary N) is 1. The number of ketones is 1. The van der Waals surface area contributed by atoms with Gasteiger partial charge in [-0.1, -0.05) is 25.1 Å². The summed E-state index contributed by atoms with van der Waals surface area (Å²) in [6, 6.07) is 20.4. The van der Waals surface area contributed by atoms with E-state index in [4.69, 9.17) is 19.5 Å². The Balaban J connectivity index is 1.77. The Morgan fingerprint density at radius 2 is 1.59 bits per heavy atom. The van der Waals surface area contributed by atoms with E-state index in [0.29, 0.717) is 34.9 Å². The zero-order chi connectivity index (χ0) is 23.1. The summed E-state index contributed by atoms with van der Waals surface area (Å²) >= 11 is 0. The van der Waals surface area contributed by atoms with E-state index in [2.05, 4.69) is 11.4 Å². The highest BCUT2D eigenvalue weighted by Gasteiger charge is 2.22. The second-order valence-corrected chi connectivity index (χ2v) is 7.28. The van der Waals surface area contributed by atoms with E-state index in [-0.39, 0.29) is 11.7 Å². The zero-order valence-corrected chi connectivity index (χ0v) is 18.6. The number of hydrogen-bond donors (Lipinski definition) is 1. The van der Waals surface area contributed by atoms with E-state index in [0.717, 1.165) is 16.8 Å². The van der Waals surface area contributed by atoms with Gasteiger partial charge in [-0.15, -0.1) is 0 Å². The van der Waals surface area contributed by atoms with E-state index >= 15 is 0 Å². The molecule has 164 valence electrons. The minimum atomic E-state index is -0.388. The molecule has 1 atom stereocenters. The normalized spacial score (nSPS) is 11.2. The van der Waals surface area contributed by atoms with Gasteiger partial charge >= 0.3 is 0 Å². The topological polar surface area (TPSA) is 80.6 Å². The Kier molecular flexibility index (Phi) is 7.35. The third kappa shape index (κ3) is 5.01. The fourth-order valence-electron chi connectivity index (χ4n) is 3.41. The number of hydrogen-bond acceptors (Lipinski definition) is 6. The number of ether oxygens (including phenoxy) is 3. The summed E-state index contributed by atoms with van der Waals surface area (Å²) in [6.45, 7) is 2.45. The average molecular weight is 431 g/mol. The summed E-state index contributed by atoms with van der Waals surface area (Å²) in [6.07, 6.45) is 0. The molecule has 0 radical (unpaired) electrons. The Labute approximate surface area is 188 Å².